The van der Waals surface area contributed by atoms with Gasteiger partial charge in [-0.3, -0.25) is 0 Å². The standard InChI is InChI=1S/C47H35N/c1-34-22-26-41(27-23-34)48-46-32-35(30-44(37-14-6-2-7-15-37)38-16-8-3-9-17-38)24-28-42(46)43-29-25-36(33-47(43)48)31-45(39-18-10-4-11-19-39)40-20-12-5-13-21-40/h2-33H,1H3. The minimum Gasteiger partial charge on any atom is -0.309 e. The van der Waals surface area contributed by atoms with Gasteiger partial charge in [-0.15, -0.1) is 0 Å². The topological polar surface area (TPSA) is 4.93 Å². The van der Waals surface area contributed by atoms with E-state index in [1.54, 1.807) is 0 Å². The van der Waals surface area contributed by atoms with Gasteiger partial charge in [-0.2, -0.15) is 0 Å². The van der Waals surface area contributed by atoms with Crippen LogP contribution in [0.2, 0.25) is 0 Å². The molecule has 0 radical (unpaired) electrons. The molecule has 1 heterocycles. The van der Waals surface area contributed by atoms with Gasteiger partial charge >= 0.3 is 0 Å². The third-order valence-corrected chi connectivity index (χ3v) is 9.07. The maximum Gasteiger partial charge on any atom is 0.0547 e. The molecule has 0 aliphatic rings. The Bertz CT molecular complexity index is 2160. The van der Waals surface area contributed by atoms with Crippen LogP contribution in [0.3, 0.4) is 0 Å². The normalized spacial score (nSPS) is 11.0. The van der Waals surface area contributed by atoms with E-state index in [1.807, 2.05) is 0 Å². The number of hydrogen-bond acceptors (Lipinski definition) is 0. The third kappa shape index (κ3) is 5.79. The predicted octanol–water partition coefficient (Wildman–Crippen LogP) is 12.3. The second-order valence-corrected chi connectivity index (χ2v) is 12.3. The summed E-state index contributed by atoms with van der Waals surface area (Å²) in [5, 5.41) is 2.48. The number of fused-ring (bicyclic) bond motifs is 3. The zero-order chi connectivity index (χ0) is 32.3. The van der Waals surface area contributed by atoms with E-state index in [4.69, 9.17) is 0 Å². The Hall–Kier alpha value is -6.18. The minimum absolute atomic E-state index is 1.15. The lowest BCUT2D eigenvalue weighted by atomic mass is 9.95. The molecule has 8 aromatic rings. The molecule has 7 aromatic carbocycles. The molecule has 0 fully saturated rings. The summed E-state index contributed by atoms with van der Waals surface area (Å²) < 4.78 is 2.42. The SMILES string of the molecule is Cc1ccc(-n2c3cc(C=C(c4ccccc4)c4ccccc4)ccc3c3ccc(C=C(c4ccccc4)c4ccccc4)cc32)cc1. The van der Waals surface area contributed by atoms with Crippen molar-refractivity contribution in [3.05, 3.63) is 221 Å². The van der Waals surface area contributed by atoms with E-state index in [0.717, 1.165) is 16.8 Å². The van der Waals surface area contributed by atoms with E-state index in [2.05, 4.69) is 206 Å². The first-order valence-electron chi connectivity index (χ1n) is 16.5. The van der Waals surface area contributed by atoms with E-state index < -0.39 is 0 Å². The molecule has 1 nitrogen and oxygen atoms in total. The fourth-order valence-electron chi connectivity index (χ4n) is 6.68. The molecule has 0 aliphatic heterocycles. The summed E-state index contributed by atoms with van der Waals surface area (Å²) >= 11 is 0. The van der Waals surface area contributed by atoms with E-state index in [-0.39, 0.29) is 0 Å². The highest BCUT2D eigenvalue weighted by Crippen LogP contribution is 2.36. The highest BCUT2D eigenvalue weighted by Gasteiger charge is 2.15. The fraction of sp³-hybridized carbons (Fsp3) is 0.0213. The lowest BCUT2D eigenvalue weighted by molar-refractivity contribution is 1.17. The Morgan fingerprint density at radius 1 is 0.396 bits per heavy atom. The molecule has 48 heavy (non-hydrogen) atoms. The molecule has 0 saturated heterocycles. The van der Waals surface area contributed by atoms with Crippen LogP contribution < -0.4 is 0 Å². The minimum atomic E-state index is 1.15. The lowest BCUT2D eigenvalue weighted by Crippen LogP contribution is -1.95. The van der Waals surface area contributed by atoms with Crippen LogP contribution >= 0.6 is 0 Å². The Morgan fingerprint density at radius 2 is 0.750 bits per heavy atom. The highest BCUT2D eigenvalue weighted by molar-refractivity contribution is 6.11. The first-order valence-corrected chi connectivity index (χ1v) is 16.5. The van der Waals surface area contributed by atoms with Gasteiger partial charge in [0.2, 0.25) is 0 Å². The van der Waals surface area contributed by atoms with Gasteiger partial charge in [0.1, 0.15) is 0 Å². The lowest BCUT2D eigenvalue weighted by Gasteiger charge is -2.11. The maximum atomic E-state index is 2.42. The van der Waals surface area contributed by atoms with Crippen LogP contribution in [0.5, 0.6) is 0 Å². The van der Waals surface area contributed by atoms with E-state index >= 15 is 0 Å². The predicted molar refractivity (Wildman–Crippen MR) is 205 cm³/mol. The van der Waals surface area contributed by atoms with Crippen molar-refractivity contribution in [2.45, 2.75) is 6.92 Å². The van der Waals surface area contributed by atoms with Crippen LogP contribution in [-0.2, 0) is 0 Å². The fourth-order valence-corrected chi connectivity index (χ4v) is 6.68. The van der Waals surface area contributed by atoms with Crippen molar-refractivity contribution in [1.82, 2.24) is 4.57 Å². The van der Waals surface area contributed by atoms with E-state index in [1.165, 1.54) is 60.8 Å². The van der Waals surface area contributed by atoms with Crippen molar-refractivity contribution in [2.24, 2.45) is 0 Å². The third-order valence-electron chi connectivity index (χ3n) is 9.07. The van der Waals surface area contributed by atoms with Crippen LogP contribution in [0.1, 0.15) is 38.9 Å². The number of benzene rings is 7. The monoisotopic (exact) mass is 613 g/mol. The molecule has 1 aromatic heterocycles. The molecule has 0 aliphatic carbocycles. The molecular weight excluding hydrogens is 579 g/mol. The first kappa shape index (κ1) is 29.2. The summed E-state index contributed by atoms with van der Waals surface area (Å²) in [7, 11) is 0. The molecule has 1 heteroatoms. The maximum absolute atomic E-state index is 2.42. The van der Waals surface area contributed by atoms with Crippen LogP contribution in [0.25, 0.3) is 50.8 Å². The molecule has 0 atom stereocenters. The first-order chi connectivity index (χ1) is 23.7. The summed E-state index contributed by atoms with van der Waals surface area (Å²) in [6.07, 6.45) is 4.64. The van der Waals surface area contributed by atoms with Crippen molar-refractivity contribution < 1.29 is 0 Å². The van der Waals surface area contributed by atoms with Gasteiger partial charge < -0.3 is 4.57 Å². The number of aromatic nitrogens is 1. The molecule has 8 rings (SSSR count). The van der Waals surface area contributed by atoms with Crippen molar-refractivity contribution in [3.63, 3.8) is 0 Å². The summed E-state index contributed by atoms with van der Waals surface area (Å²) in [5.41, 5.74) is 14.3. The van der Waals surface area contributed by atoms with Crippen LogP contribution in [-0.4, -0.2) is 4.57 Å². The Balaban J connectivity index is 1.34. The summed E-state index contributed by atoms with van der Waals surface area (Å²) in [6.45, 7) is 2.14. The summed E-state index contributed by atoms with van der Waals surface area (Å²) in [6, 6.07) is 65.3. The molecule has 0 unspecified atom stereocenters. The molecule has 0 saturated carbocycles. The van der Waals surface area contributed by atoms with Crippen LogP contribution in [0, 0.1) is 6.92 Å². The number of nitrogens with zero attached hydrogens (tertiary/aromatic N) is 1. The molecule has 0 N–H and O–H groups in total. The van der Waals surface area contributed by atoms with E-state index in [9.17, 15) is 0 Å². The van der Waals surface area contributed by atoms with Gasteiger partial charge in [0.15, 0.2) is 0 Å². The Morgan fingerprint density at radius 3 is 1.10 bits per heavy atom. The highest BCUT2D eigenvalue weighted by atomic mass is 15.0. The Kier molecular flexibility index (Phi) is 7.86. The van der Waals surface area contributed by atoms with Crippen molar-refractivity contribution in [3.8, 4) is 5.69 Å². The van der Waals surface area contributed by atoms with Crippen molar-refractivity contribution >= 4 is 45.1 Å². The largest absolute Gasteiger partial charge is 0.309 e. The van der Waals surface area contributed by atoms with Crippen molar-refractivity contribution in [2.75, 3.05) is 0 Å². The summed E-state index contributed by atoms with van der Waals surface area (Å²) in [5.74, 6) is 0. The summed E-state index contributed by atoms with van der Waals surface area (Å²) in [4.78, 5) is 0. The molecule has 0 spiro atoms. The van der Waals surface area contributed by atoms with Gasteiger partial charge in [0.25, 0.3) is 0 Å². The number of hydrogen-bond donors (Lipinski definition) is 0. The van der Waals surface area contributed by atoms with Crippen LogP contribution in [0.4, 0.5) is 0 Å². The Labute approximate surface area is 282 Å². The molecule has 0 bridgehead atoms. The second-order valence-electron chi connectivity index (χ2n) is 12.3. The van der Waals surface area contributed by atoms with Gasteiger partial charge in [-0.25, -0.2) is 0 Å². The van der Waals surface area contributed by atoms with Gasteiger partial charge in [0, 0.05) is 16.5 Å². The van der Waals surface area contributed by atoms with Crippen molar-refractivity contribution in [1.29, 1.82) is 0 Å². The second kappa shape index (κ2) is 12.9. The molecule has 228 valence electrons. The number of rotatable bonds is 7. The van der Waals surface area contributed by atoms with Gasteiger partial charge in [0.05, 0.1) is 11.0 Å². The van der Waals surface area contributed by atoms with Gasteiger partial charge in [-0.05, 0) is 87.9 Å². The van der Waals surface area contributed by atoms with E-state index in [0.29, 0.717) is 0 Å². The zero-order valence-electron chi connectivity index (χ0n) is 26.9. The molecule has 0 amide bonds. The average Bonchev–Trinajstić information content (AvgIpc) is 3.47. The molecular formula is C47H35N. The zero-order valence-corrected chi connectivity index (χ0v) is 26.9. The smallest absolute Gasteiger partial charge is 0.0547 e. The quantitative estimate of drug-likeness (QED) is 0.158. The van der Waals surface area contributed by atoms with Crippen LogP contribution in [0.15, 0.2) is 182 Å². The number of aryl methyl sites for hydroxylation is 1. The average molecular weight is 614 g/mol. The van der Waals surface area contributed by atoms with Gasteiger partial charge in [-0.1, -0.05) is 163 Å².